The van der Waals surface area contributed by atoms with Crippen LogP contribution in [0.3, 0.4) is 0 Å². The van der Waals surface area contributed by atoms with Gasteiger partial charge in [0.25, 0.3) is 0 Å². The van der Waals surface area contributed by atoms with E-state index in [1.165, 1.54) is 6.92 Å². The molecule has 0 aromatic heterocycles. The van der Waals surface area contributed by atoms with Crippen LogP contribution in [0.2, 0.25) is 0 Å². The lowest BCUT2D eigenvalue weighted by atomic mass is 10.3. The minimum absolute atomic E-state index is 0.0561. The fourth-order valence-corrected chi connectivity index (χ4v) is 1.73. The lowest BCUT2D eigenvalue weighted by Crippen LogP contribution is -2.34. The number of ether oxygens (including phenoxy) is 3. The summed E-state index contributed by atoms with van der Waals surface area (Å²) in [5.41, 5.74) is 0. The maximum atomic E-state index is 11.8. The first kappa shape index (κ1) is 19.9. The van der Waals surface area contributed by atoms with E-state index >= 15 is 0 Å². The van der Waals surface area contributed by atoms with Crippen molar-refractivity contribution in [1.82, 2.24) is 4.90 Å². The molecule has 0 radical (unpaired) electrons. The van der Waals surface area contributed by atoms with Gasteiger partial charge in [-0.15, -0.1) is 0 Å². The molecule has 0 aromatic rings. The van der Waals surface area contributed by atoms with Gasteiger partial charge in [0, 0.05) is 33.7 Å². The Kier molecular flexibility index (Phi) is 11.9. The van der Waals surface area contributed by atoms with Gasteiger partial charge in [0.1, 0.15) is 0 Å². The second-order valence-electron chi connectivity index (χ2n) is 5.02. The van der Waals surface area contributed by atoms with Gasteiger partial charge < -0.3 is 14.2 Å². The van der Waals surface area contributed by atoms with Crippen LogP contribution in [-0.4, -0.2) is 62.9 Å². The third kappa shape index (κ3) is 12.3. The molecule has 0 saturated heterocycles. The van der Waals surface area contributed by atoms with Crippen LogP contribution in [0, 0.1) is 0 Å². The van der Waals surface area contributed by atoms with E-state index in [-0.39, 0.29) is 24.6 Å². The molecule has 0 heterocycles. The molecule has 124 valence electrons. The molecule has 0 aromatic carbocycles. The van der Waals surface area contributed by atoms with Crippen molar-refractivity contribution >= 4 is 11.9 Å². The second kappa shape index (κ2) is 12.6. The quantitative estimate of drug-likeness (QED) is 0.403. The summed E-state index contributed by atoms with van der Waals surface area (Å²) in [4.78, 5) is 24.5. The number of esters is 2. The van der Waals surface area contributed by atoms with Gasteiger partial charge in [-0.2, -0.15) is 0 Å². The zero-order chi connectivity index (χ0) is 16.1. The minimum Gasteiger partial charge on any atom is -0.466 e. The first-order chi connectivity index (χ1) is 9.99. The van der Waals surface area contributed by atoms with Gasteiger partial charge in [-0.1, -0.05) is 6.92 Å². The molecule has 21 heavy (non-hydrogen) atoms. The third-order valence-electron chi connectivity index (χ3n) is 3.01. The predicted molar refractivity (Wildman–Crippen MR) is 80.0 cm³/mol. The molecular weight excluding hydrogens is 274 g/mol. The molecule has 1 unspecified atom stereocenters. The number of rotatable bonds is 12. The van der Waals surface area contributed by atoms with Crippen molar-refractivity contribution < 1.29 is 23.8 Å². The molecular formula is C15H29NO5. The van der Waals surface area contributed by atoms with Gasteiger partial charge in [0.05, 0.1) is 19.3 Å². The van der Waals surface area contributed by atoms with Crippen LogP contribution in [0.25, 0.3) is 0 Å². The summed E-state index contributed by atoms with van der Waals surface area (Å²) in [6, 6.07) is 0. The van der Waals surface area contributed by atoms with E-state index in [0.29, 0.717) is 26.2 Å². The molecule has 0 N–H and O–H groups in total. The van der Waals surface area contributed by atoms with Crippen LogP contribution < -0.4 is 0 Å². The van der Waals surface area contributed by atoms with Crippen molar-refractivity contribution in [2.75, 3.05) is 40.0 Å². The Morgan fingerprint density at radius 1 is 1.14 bits per heavy atom. The molecule has 0 aliphatic heterocycles. The number of methoxy groups -OCH3 is 1. The van der Waals surface area contributed by atoms with Crippen molar-refractivity contribution in [2.24, 2.45) is 0 Å². The smallest absolute Gasteiger partial charge is 0.320 e. The molecule has 0 amide bonds. The van der Waals surface area contributed by atoms with Gasteiger partial charge in [-0.25, -0.2) is 0 Å². The summed E-state index contributed by atoms with van der Waals surface area (Å²) in [6.07, 6.45) is 2.30. The SMILES string of the molecule is CCC(C)OC(=O)CN(CCCOC)CCCOC(C)=O. The fourth-order valence-electron chi connectivity index (χ4n) is 1.73. The number of carbonyl (C=O) groups is 2. The van der Waals surface area contributed by atoms with E-state index < -0.39 is 0 Å². The minimum atomic E-state index is -0.280. The molecule has 0 saturated carbocycles. The van der Waals surface area contributed by atoms with E-state index in [4.69, 9.17) is 14.2 Å². The Hall–Kier alpha value is -1.14. The largest absolute Gasteiger partial charge is 0.466 e. The third-order valence-corrected chi connectivity index (χ3v) is 3.01. The van der Waals surface area contributed by atoms with Crippen LogP contribution in [0.5, 0.6) is 0 Å². The van der Waals surface area contributed by atoms with Crippen molar-refractivity contribution in [2.45, 2.75) is 46.1 Å². The maximum Gasteiger partial charge on any atom is 0.320 e. The van der Waals surface area contributed by atoms with Crippen molar-refractivity contribution in [3.8, 4) is 0 Å². The van der Waals surface area contributed by atoms with Gasteiger partial charge in [-0.3, -0.25) is 14.5 Å². The standard InChI is InChI=1S/C15H29NO5/c1-5-13(2)21-15(18)12-16(8-6-10-19-4)9-7-11-20-14(3)17/h13H,5-12H2,1-4H3. The molecule has 0 spiro atoms. The highest BCUT2D eigenvalue weighted by molar-refractivity contribution is 5.71. The van der Waals surface area contributed by atoms with E-state index in [1.54, 1.807) is 7.11 Å². The Labute approximate surface area is 127 Å². The molecule has 6 heteroatoms. The number of nitrogens with zero attached hydrogens (tertiary/aromatic N) is 1. The van der Waals surface area contributed by atoms with E-state index in [9.17, 15) is 9.59 Å². The Morgan fingerprint density at radius 2 is 1.76 bits per heavy atom. The van der Waals surface area contributed by atoms with Crippen LogP contribution in [0.15, 0.2) is 0 Å². The highest BCUT2D eigenvalue weighted by Crippen LogP contribution is 2.01. The van der Waals surface area contributed by atoms with Crippen molar-refractivity contribution in [1.29, 1.82) is 0 Å². The van der Waals surface area contributed by atoms with Crippen LogP contribution in [0.1, 0.15) is 40.0 Å². The molecule has 6 nitrogen and oxygen atoms in total. The molecule has 1 atom stereocenters. The average molecular weight is 303 g/mol. The predicted octanol–water partition coefficient (Wildman–Crippen LogP) is 1.62. The topological polar surface area (TPSA) is 65.1 Å². The first-order valence-corrected chi connectivity index (χ1v) is 7.53. The molecule has 0 fully saturated rings. The Morgan fingerprint density at radius 3 is 2.29 bits per heavy atom. The summed E-state index contributed by atoms with van der Waals surface area (Å²) < 4.78 is 15.2. The first-order valence-electron chi connectivity index (χ1n) is 7.53. The summed E-state index contributed by atoms with van der Waals surface area (Å²) in [6.45, 7) is 7.97. The number of hydrogen-bond donors (Lipinski definition) is 0. The second-order valence-corrected chi connectivity index (χ2v) is 5.02. The fraction of sp³-hybridized carbons (Fsp3) is 0.867. The highest BCUT2D eigenvalue weighted by atomic mass is 16.5. The Bertz CT molecular complexity index is 296. The van der Waals surface area contributed by atoms with Gasteiger partial charge in [0.15, 0.2) is 0 Å². The monoisotopic (exact) mass is 303 g/mol. The maximum absolute atomic E-state index is 11.8. The van der Waals surface area contributed by atoms with Gasteiger partial charge in [0.2, 0.25) is 0 Å². The van der Waals surface area contributed by atoms with Crippen molar-refractivity contribution in [3.63, 3.8) is 0 Å². The van der Waals surface area contributed by atoms with Gasteiger partial charge >= 0.3 is 11.9 Å². The van der Waals surface area contributed by atoms with Crippen LogP contribution in [-0.2, 0) is 23.8 Å². The summed E-state index contributed by atoms with van der Waals surface area (Å²) in [5, 5.41) is 0. The number of hydrogen-bond acceptors (Lipinski definition) is 6. The lowest BCUT2D eigenvalue weighted by molar-refractivity contribution is -0.150. The van der Waals surface area contributed by atoms with E-state index in [0.717, 1.165) is 19.4 Å². The molecule has 0 aliphatic carbocycles. The van der Waals surface area contributed by atoms with E-state index in [2.05, 4.69) is 0 Å². The molecule has 0 bridgehead atoms. The summed E-state index contributed by atoms with van der Waals surface area (Å²) >= 11 is 0. The van der Waals surface area contributed by atoms with Crippen LogP contribution in [0.4, 0.5) is 0 Å². The zero-order valence-electron chi connectivity index (χ0n) is 13.7. The highest BCUT2D eigenvalue weighted by Gasteiger charge is 2.13. The van der Waals surface area contributed by atoms with Crippen molar-refractivity contribution in [3.05, 3.63) is 0 Å². The van der Waals surface area contributed by atoms with Crippen LogP contribution >= 0.6 is 0 Å². The van der Waals surface area contributed by atoms with Gasteiger partial charge in [-0.05, 0) is 26.2 Å². The molecule has 0 aliphatic rings. The normalized spacial score (nSPS) is 12.2. The summed E-state index contributed by atoms with van der Waals surface area (Å²) in [7, 11) is 1.65. The average Bonchev–Trinajstić information content (AvgIpc) is 2.42. The molecule has 0 rings (SSSR count). The number of carbonyl (C=O) groups excluding carboxylic acids is 2. The lowest BCUT2D eigenvalue weighted by Gasteiger charge is -2.22. The Balaban J connectivity index is 4.11. The van der Waals surface area contributed by atoms with E-state index in [1.807, 2.05) is 18.7 Å². The summed E-state index contributed by atoms with van der Waals surface area (Å²) in [5.74, 6) is -0.494. The zero-order valence-corrected chi connectivity index (χ0v) is 13.7.